The van der Waals surface area contributed by atoms with E-state index in [1.54, 1.807) is 17.0 Å². The Morgan fingerprint density at radius 1 is 1.09 bits per heavy atom. The van der Waals surface area contributed by atoms with Gasteiger partial charge >= 0.3 is 0 Å². The molecule has 2 saturated heterocycles. The van der Waals surface area contributed by atoms with E-state index in [2.05, 4.69) is 26.1 Å². The van der Waals surface area contributed by atoms with Crippen LogP contribution in [0.3, 0.4) is 0 Å². The van der Waals surface area contributed by atoms with Crippen molar-refractivity contribution >= 4 is 44.5 Å². The lowest BCUT2D eigenvalue weighted by atomic mass is 9.82. The van der Waals surface area contributed by atoms with Crippen molar-refractivity contribution < 1.29 is 9.59 Å². The number of carbonyl (C=O) groups excluding carboxylic acids is 2. The fourth-order valence-corrected chi connectivity index (χ4v) is 5.96. The van der Waals surface area contributed by atoms with Crippen molar-refractivity contribution in [2.75, 3.05) is 24.5 Å². The van der Waals surface area contributed by atoms with E-state index in [0.29, 0.717) is 32.0 Å². The van der Waals surface area contributed by atoms with Crippen LogP contribution < -0.4 is 10.5 Å². The van der Waals surface area contributed by atoms with Crippen LogP contribution in [0.1, 0.15) is 24.5 Å². The molecule has 0 radical (unpaired) electrons. The summed E-state index contributed by atoms with van der Waals surface area (Å²) in [6, 6.07) is 11.2. The van der Waals surface area contributed by atoms with Gasteiger partial charge in [-0.25, -0.2) is 0 Å². The number of anilines is 1. The molecule has 0 spiro atoms. The molecule has 1 aromatic carbocycles. The van der Waals surface area contributed by atoms with E-state index in [0.717, 1.165) is 27.5 Å². The van der Waals surface area contributed by atoms with Gasteiger partial charge in [-0.1, -0.05) is 22.0 Å². The quantitative estimate of drug-likeness (QED) is 0.591. The number of rotatable bonds is 2. The van der Waals surface area contributed by atoms with E-state index in [4.69, 9.17) is 0 Å². The van der Waals surface area contributed by atoms with Gasteiger partial charge in [-0.15, -0.1) is 0 Å². The summed E-state index contributed by atoms with van der Waals surface area (Å²) in [5, 5.41) is 8.20. The summed E-state index contributed by atoms with van der Waals surface area (Å²) in [5.41, 5.74) is 1.89. The molecule has 3 atom stereocenters. The molecule has 2 bridgehead atoms. The monoisotopic (exact) mass is 495 g/mol. The molecule has 164 valence electrons. The van der Waals surface area contributed by atoms with Gasteiger partial charge in [0.05, 0.1) is 11.4 Å². The first-order valence-corrected chi connectivity index (χ1v) is 11.7. The molecule has 6 rings (SSSR count). The van der Waals surface area contributed by atoms with Crippen LogP contribution in [0.2, 0.25) is 0 Å². The fraction of sp³-hybridized carbons (Fsp3) is 0.391. The lowest BCUT2D eigenvalue weighted by molar-refractivity contribution is -0.138. The number of H-pyrrole nitrogens is 1. The van der Waals surface area contributed by atoms with Crippen LogP contribution in [0.15, 0.2) is 45.7 Å². The molecule has 2 amide bonds. The number of aromatic nitrogens is 3. The maximum atomic E-state index is 13.4. The molecule has 5 heterocycles. The summed E-state index contributed by atoms with van der Waals surface area (Å²) >= 11 is 3.45. The predicted octanol–water partition coefficient (Wildman–Crippen LogP) is 2.49. The number of benzene rings is 1. The van der Waals surface area contributed by atoms with Crippen molar-refractivity contribution in [3.05, 3.63) is 56.9 Å². The highest BCUT2D eigenvalue weighted by atomic mass is 79.9. The van der Waals surface area contributed by atoms with Crippen molar-refractivity contribution in [2.45, 2.75) is 25.3 Å². The average Bonchev–Trinajstić information content (AvgIpc) is 3.36. The molecular weight excluding hydrogens is 474 g/mol. The van der Waals surface area contributed by atoms with Gasteiger partial charge in [0, 0.05) is 60.1 Å². The molecule has 3 aliphatic rings. The third-order valence-corrected chi connectivity index (χ3v) is 7.52. The summed E-state index contributed by atoms with van der Waals surface area (Å²) in [5.74, 6) is 0.603. The molecule has 32 heavy (non-hydrogen) atoms. The number of pyridine rings is 1. The minimum absolute atomic E-state index is 0.0323. The van der Waals surface area contributed by atoms with E-state index in [1.165, 1.54) is 0 Å². The first-order chi connectivity index (χ1) is 15.5. The summed E-state index contributed by atoms with van der Waals surface area (Å²) in [6.07, 6.45) is 1.20. The third-order valence-electron chi connectivity index (χ3n) is 7.03. The van der Waals surface area contributed by atoms with E-state index in [9.17, 15) is 14.4 Å². The molecule has 8 nitrogen and oxygen atoms in total. The molecule has 1 N–H and O–H groups in total. The van der Waals surface area contributed by atoms with Crippen molar-refractivity contribution in [1.82, 2.24) is 19.7 Å². The Morgan fingerprint density at radius 2 is 1.97 bits per heavy atom. The van der Waals surface area contributed by atoms with Gasteiger partial charge in [0.2, 0.25) is 11.8 Å². The number of amides is 2. The highest BCUT2D eigenvalue weighted by Gasteiger charge is 2.42. The van der Waals surface area contributed by atoms with E-state index in [-0.39, 0.29) is 41.5 Å². The van der Waals surface area contributed by atoms with Crippen molar-refractivity contribution in [3.63, 3.8) is 0 Å². The number of nitrogens with one attached hydrogen (secondary N) is 1. The topological polar surface area (TPSA) is 91.3 Å². The molecule has 0 unspecified atom stereocenters. The second kappa shape index (κ2) is 7.30. The Balaban J connectivity index is 1.22. The zero-order valence-electron chi connectivity index (χ0n) is 17.3. The van der Waals surface area contributed by atoms with Crippen LogP contribution in [-0.2, 0) is 16.1 Å². The van der Waals surface area contributed by atoms with Gasteiger partial charge in [0.25, 0.3) is 5.56 Å². The maximum absolute atomic E-state index is 13.4. The van der Waals surface area contributed by atoms with Gasteiger partial charge in [0.1, 0.15) is 0 Å². The number of piperidine rings is 1. The number of nitrogens with zero attached hydrogens (tertiary/aromatic N) is 4. The third kappa shape index (κ3) is 3.09. The molecule has 2 aromatic heterocycles. The van der Waals surface area contributed by atoms with Crippen molar-refractivity contribution in [1.29, 1.82) is 0 Å². The number of halogens is 1. The molecule has 2 fully saturated rings. The molecule has 0 aliphatic carbocycles. The van der Waals surface area contributed by atoms with Crippen molar-refractivity contribution in [3.8, 4) is 0 Å². The zero-order valence-corrected chi connectivity index (χ0v) is 18.9. The molecule has 0 saturated carbocycles. The Kier molecular flexibility index (Phi) is 4.50. The lowest BCUT2D eigenvalue weighted by Gasteiger charge is -2.43. The average molecular weight is 496 g/mol. The predicted molar refractivity (Wildman–Crippen MR) is 122 cm³/mol. The maximum Gasteiger partial charge on any atom is 0.250 e. The molecular formula is C23H22BrN5O3. The van der Waals surface area contributed by atoms with Gasteiger partial charge in [-0.2, -0.15) is 5.10 Å². The van der Waals surface area contributed by atoms with Crippen LogP contribution in [0.4, 0.5) is 5.82 Å². The van der Waals surface area contributed by atoms with Crippen LogP contribution in [-0.4, -0.2) is 51.1 Å². The second-order valence-corrected chi connectivity index (χ2v) is 10.00. The normalized spacial score (nSPS) is 24.8. The zero-order chi connectivity index (χ0) is 22.0. The number of hydrogen-bond donors (Lipinski definition) is 1. The molecule has 3 aromatic rings. The van der Waals surface area contributed by atoms with Crippen molar-refractivity contribution in [2.24, 2.45) is 11.8 Å². The molecule has 9 heteroatoms. The number of carbonyl (C=O) groups is 2. The summed E-state index contributed by atoms with van der Waals surface area (Å²) < 4.78 is 2.79. The van der Waals surface area contributed by atoms with Gasteiger partial charge < -0.3 is 9.47 Å². The number of hydrogen-bond acceptors (Lipinski definition) is 4. The summed E-state index contributed by atoms with van der Waals surface area (Å²) in [4.78, 5) is 42.1. The summed E-state index contributed by atoms with van der Waals surface area (Å²) in [7, 11) is 0. The Morgan fingerprint density at radius 3 is 2.84 bits per heavy atom. The lowest BCUT2D eigenvalue weighted by Crippen LogP contribution is -2.50. The summed E-state index contributed by atoms with van der Waals surface area (Å²) in [6.45, 7) is 2.23. The minimum Gasteiger partial charge on any atom is -0.341 e. The van der Waals surface area contributed by atoms with Crippen LogP contribution >= 0.6 is 15.9 Å². The Bertz CT molecular complexity index is 1310. The van der Waals surface area contributed by atoms with Gasteiger partial charge in [-0.05, 0) is 36.6 Å². The smallest absolute Gasteiger partial charge is 0.250 e. The molecule has 3 aliphatic heterocycles. The fourth-order valence-electron chi connectivity index (χ4n) is 5.60. The van der Waals surface area contributed by atoms with E-state index >= 15 is 0 Å². The Labute approximate surface area is 192 Å². The SMILES string of the molecule is O=C([C@@H]1CC(=O)N(c2n[nH]c3cc(Br)ccc23)C1)N1C[C@H]2C[C@@H](C1)c1cccc(=O)n1C2. The number of likely N-dealkylation sites (tertiary alicyclic amines) is 1. The minimum atomic E-state index is -0.374. The first kappa shape index (κ1) is 19.7. The van der Waals surface area contributed by atoms with Crippen LogP contribution in [0, 0.1) is 11.8 Å². The van der Waals surface area contributed by atoms with Crippen LogP contribution in [0.25, 0.3) is 10.9 Å². The van der Waals surface area contributed by atoms with E-state index in [1.807, 2.05) is 33.7 Å². The van der Waals surface area contributed by atoms with Gasteiger partial charge in [-0.3, -0.25) is 24.4 Å². The van der Waals surface area contributed by atoms with E-state index < -0.39 is 0 Å². The number of fused-ring (bicyclic) bond motifs is 5. The number of aromatic amines is 1. The highest BCUT2D eigenvalue weighted by molar-refractivity contribution is 9.10. The first-order valence-electron chi connectivity index (χ1n) is 10.9. The largest absolute Gasteiger partial charge is 0.341 e. The highest BCUT2D eigenvalue weighted by Crippen LogP contribution is 2.37. The second-order valence-electron chi connectivity index (χ2n) is 9.08. The van der Waals surface area contributed by atoms with Gasteiger partial charge in [0.15, 0.2) is 5.82 Å². The van der Waals surface area contributed by atoms with Crippen LogP contribution in [0.5, 0.6) is 0 Å². The standard InChI is InChI=1S/C23H22BrN5O3/c24-16-4-5-17-18(8-16)25-26-22(17)29-12-15(7-21(29)31)23(32)27-9-13-6-14(11-27)19-2-1-3-20(30)28(19)10-13/h1-5,8,13-15H,6-7,9-12H2,(H,25,26)/t13-,14+,15-/m1/s1. The Hall–Kier alpha value is -2.94.